The highest BCUT2D eigenvalue weighted by Crippen LogP contribution is 2.31. The fourth-order valence-corrected chi connectivity index (χ4v) is 3.12. The lowest BCUT2D eigenvalue weighted by molar-refractivity contribution is 0.368. The van der Waals surface area contributed by atoms with Crippen LogP contribution in [0, 0.1) is 0 Å². The van der Waals surface area contributed by atoms with E-state index in [0.717, 1.165) is 12.4 Å². The molecule has 2 rings (SSSR count). The van der Waals surface area contributed by atoms with E-state index >= 15 is 0 Å². The summed E-state index contributed by atoms with van der Waals surface area (Å²) >= 11 is 7.80. The van der Waals surface area contributed by atoms with Crippen LogP contribution in [0.4, 0.5) is 0 Å². The predicted molar refractivity (Wildman–Crippen MR) is 63.1 cm³/mol. The van der Waals surface area contributed by atoms with Crippen LogP contribution in [0.25, 0.3) is 0 Å². The minimum atomic E-state index is 0.226. The standard InChI is InChI=1S/C11H16ClNS/c12-9-11(4-1-2-5-11)13-7-10-3-6-14-8-10/h3,6,8,13H,1-2,4-5,7,9H2. The minimum Gasteiger partial charge on any atom is -0.306 e. The topological polar surface area (TPSA) is 12.0 Å². The van der Waals surface area contributed by atoms with Crippen LogP contribution in [0.2, 0.25) is 0 Å². The zero-order chi connectivity index (χ0) is 9.86. The molecular weight excluding hydrogens is 214 g/mol. The lowest BCUT2D eigenvalue weighted by Gasteiger charge is -2.27. The number of rotatable bonds is 4. The largest absolute Gasteiger partial charge is 0.306 e. The second-order valence-electron chi connectivity index (χ2n) is 4.11. The van der Waals surface area contributed by atoms with E-state index in [1.54, 1.807) is 11.3 Å². The Hall–Kier alpha value is -0.0500. The van der Waals surface area contributed by atoms with Crippen molar-refractivity contribution in [1.82, 2.24) is 5.32 Å². The van der Waals surface area contributed by atoms with Gasteiger partial charge in [0.05, 0.1) is 0 Å². The summed E-state index contributed by atoms with van der Waals surface area (Å²) in [6.45, 7) is 0.968. The maximum atomic E-state index is 6.04. The second-order valence-corrected chi connectivity index (χ2v) is 5.15. The molecule has 0 atom stereocenters. The maximum absolute atomic E-state index is 6.04. The smallest absolute Gasteiger partial charge is 0.0406 e. The van der Waals surface area contributed by atoms with Gasteiger partial charge in [-0.05, 0) is 35.2 Å². The quantitative estimate of drug-likeness (QED) is 0.781. The molecule has 0 aliphatic heterocycles. The molecule has 1 aliphatic carbocycles. The Labute approximate surface area is 94.5 Å². The van der Waals surface area contributed by atoms with Gasteiger partial charge in [0.2, 0.25) is 0 Å². The van der Waals surface area contributed by atoms with Gasteiger partial charge in [-0.1, -0.05) is 12.8 Å². The average molecular weight is 230 g/mol. The zero-order valence-corrected chi connectivity index (χ0v) is 9.83. The van der Waals surface area contributed by atoms with Crippen molar-refractivity contribution in [3.05, 3.63) is 22.4 Å². The molecule has 1 N–H and O–H groups in total. The molecule has 0 spiro atoms. The molecule has 0 saturated heterocycles. The monoisotopic (exact) mass is 229 g/mol. The van der Waals surface area contributed by atoms with Crippen molar-refractivity contribution in [2.45, 2.75) is 37.8 Å². The van der Waals surface area contributed by atoms with Gasteiger partial charge in [-0.15, -0.1) is 11.6 Å². The van der Waals surface area contributed by atoms with Gasteiger partial charge < -0.3 is 5.32 Å². The van der Waals surface area contributed by atoms with E-state index in [1.165, 1.54) is 31.2 Å². The van der Waals surface area contributed by atoms with Crippen LogP contribution in [-0.2, 0) is 6.54 Å². The molecule has 1 aromatic heterocycles. The van der Waals surface area contributed by atoms with Gasteiger partial charge in [0.1, 0.15) is 0 Å². The van der Waals surface area contributed by atoms with Gasteiger partial charge in [-0.25, -0.2) is 0 Å². The second kappa shape index (κ2) is 4.65. The van der Waals surface area contributed by atoms with Crippen molar-refractivity contribution in [3.63, 3.8) is 0 Å². The molecule has 0 radical (unpaired) electrons. The van der Waals surface area contributed by atoms with Gasteiger partial charge >= 0.3 is 0 Å². The first-order valence-corrected chi connectivity index (χ1v) is 6.64. The average Bonchev–Trinajstić information content (AvgIpc) is 2.87. The van der Waals surface area contributed by atoms with Crippen LogP contribution in [0.1, 0.15) is 31.2 Å². The molecule has 0 amide bonds. The summed E-state index contributed by atoms with van der Waals surface area (Å²) in [6.07, 6.45) is 5.12. The van der Waals surface area contributed by atoms with Crippen molar-refractivity contribution in [2.24, 2.45) is 0 Å². The van der Waals surface area contributed by atoms with Crippen LogP contribution in [0.15, 0.2) is 16.8 Å². The summed E-state index contributed by atoms with van der Waals surface area (Å²) in [5.41, 5.74) is 1.61. The van der Waals surface area contributed by atoms with E-state index in [-0.39, 0.29) is 5.54 Å². The molecule has 1 heterocycles. The lowest BCUT2D eigenvalue weighted by Crippen LogP contribution is -2.43. The third-order valence-corrected chi connectivity index (χ3v) is 4.31. The van der Waals surface area contributed by atoms with Crippen molar-refractivity contribution < 1.29 is 0 Å². The van der Waals surface area contributed by atoms with Crippen LogP contribution >= 0.6 is 22.9 Å². The molecule has 78 valence electrons. The number of hydrogen-bond donors (Lipinski definition) is 1. The molecule has 1 nitrogen and oxygen atoms in total. The molecule has 1 aliphatic rings. The van der Waals surface area contributed by atoms with E-state index in [2.05, 4.69) is 22.1 Å². The van der Waals surface area contributed by atoms with Gasteiger partial charge in [0.15, 0.2) is 0 Å². The number of halogens is 1. The Morgan fingerprint density at radius 2 is 2.21 bits per heavy atom. The Bertz CT molecular complexity index is 265. The molecule has 0 aromatic carbocycles. The predicted octanol–water partition coefficient (Wildman–Crippen LogP) is 3.39. The molecule has 1 saturated carbocycles. The van der Waals surface area contributed by atoms with Gasteiger partial charge in [-0.2, -0.15) is 11.3 Å². The van der Waals surface area contributed by atoms with Gasteiger partial charge in [0, 0.05) is 18.0 Å². The van der Waals surface area contributed by atoms with Crippen LogP contribution in [0.3, 0.4) is 0 Å². The summed E-state index contributed by atoms with van der Waals surface area (Å²) in [7, 11) is 0. The molecule has 1 fully saturated rings. The highest BCUT2D eigenvalue weighted by molar-refractivity contribution is 7.07. The summed E-state index contributed by atoms with van der Waals surface area (Å²) in [6, 6.07) is 2.18. The number of alkyl halides is 1. The Kier molecular flexibility index (Phi) is 3.47. The first kappa shape index (κ1) is 10.5. The van der Waals surface area contributed by atoms with Crippen LogP contribution in [-0.4, -0.2) is 11.4 Å². The van der Waals surface area contributed by atoms with Crippen molar-refractivity contribution in [3.8, 4) is 0 Å². The van der Waals surface area contributed by atoms with Gasteiger partial charge in [0.25, 0.3) is 0 Å². The van der Waals surface area contributed by atoms with Crippen LogP contribution in [0.5, 0.6) is 0 Å². The SMILES string of the molecule is ClCC1(NCc2ccsc2)CCCC1. The lowest BCUT2D eigenvalue weighted by atomic mass is 10.0. The van der Waals surface area contributed by atoms with Crippen LogP contribution < -0.4 is 5.32 Å². The summed E-state index contributed by atoms with van der Waals surface area (Å²) in [5, 5.41) is 7.94. The highest BCUT2D eigenvalue weighted by atomic mass is 35.5. The zero-order valence-electron chi connectivity index (χ0n) is 8.26. The Morgan fingerprint density at radius 1 is 1.43 bits per heavy atom. The number of thiophene rings is 1. The third-order valence-electron chi connectivity index (χ3n) is 3.06. The number of nitrogens with one attached hydrogen (secondary N) is 1. The first-order valence-electron chi connectivity index (χ1n) is 5.17. The summed E-state index contributed by atoms with van der Waals surface area (Å²) < 4.78 is 0. The molecular formula is C11H16ClNS. The van der Waals surface area contributed by atoms with E-state index < -0.39 is 0 Å². The minimum absolute atomic E-state index is 0.226. The van der Waals surface area contributed by atoms with Crippen molar-refractivity contribution in [1.29, 1.82) is 0 Å². The third kappa shape index (κ3) is 2.30. The fourth-order valence-electron chi connectivity index (χ4n) is 2.09. The first-order chi connectivity index (χ1) is 6.85. The van der Waals surface area contributed by atoms with Gasteiger partial charge in [-0.3, -0.25) is 0 Å². The van der Waals surface area contributed by atoms with E-state index in [1.807, 2.05) is 0 Å². The van der Waals surface area contributed by atoms with E-state index in [0.29, 0.717) is 0 Å². The molecule has 1 aromatic rings. The normalized spacial score (nSPS) is 20.1. The summed E-state index contributed by atoms with van der Waals surface area (Å²) in [5.74, 6) is 0.747. The summed E-state index contributed by atoms with van der Waals surface area (Å²) in [4.78, 5) is 0. The highest BCUT2D eigenvalue weighted by Gasteiger charge is 2.32. The molecule has 0 unspecified atom stereocenters. The molecule has 0 bridgehead atoms. The van der Waals surface area contributed by atoms with E-state index in [4.69, 9.17) is 11.6 Å². The Morgan fingerprint density at radius 3 is 2.79 bits per heavy atom. The Balaban J connectivity index is 1.89. The van der Waals surface area contributed by atoms with E-state index in [9.17, 15) is 0 Å². The maximum Gasteiger partial charge on any atom is 0.0406 e. The van der Waals surface area contributed by atoms with Crippen molar-refractivity contribution in [2.75, 3.05) is 5.88 Å². The molecule has 14 heavy (non-hydrogen) atoms. The fraction of sp³-hybridized carbons (Fsp3) is 0.636. The number of hydrogen-bond acceptors (Lipinski definition) is 2. The molecule has 3 heteroatoms. The van der Waals surface area contributed by atoms with Crippen molar-refractivity contribution >= 4 is 22.9 Å².